The number of para-hydroxylation sites is 1. The molecule has 0 saturated carbocycles. The number of ether oxygens (including phenoxy) is 1. The number of piperazine rings is 1. The lowest BCUT2D eigenvalue weighted by Crippen LogP contribution is -2.53. The molecule has 8 nitrogen and oxygen atoms in total. The van der Waals surface area contributed by atoms with E-state index in [2.05, 4.69) is 10.3 Å². The number of carbonyl (C=O) groups is 1. The number of carbonyl (C=O) groups excluding carboxylic acids is 1. The SMILES string of the molecule is Cc1ccc2cccc(OCc3c(Cl)ccc(S(=O)(=O)N4CCCC4C(=O)N4CCNCC4)c3Cl)c2n1. The first-order valence-electron chi connectivity index (χ1n) is 12.2. The standard InChI is InChI=1S/C26H28Cl2N4O4S/c1-17-7-8-18-4-2-6-22(25(18)30-17)36-16-19-20(27)9-10-23(24(19)28)37(34,35)32-13-3-5-21(32)26(33)31-14-11-29-12-15-31/h2,4,6-10,21,29H,3,5,11-16H2,1H3. The molecule has 1 atom stereocenters. The molecule has 3 aromatic rings. The minimum atomic E-state index is -4.05. The van der Waals surface area contributed by atoms with Crippen molar-refractivity contribution in [3.8, 4) is 5.75 Å². The number of nitrogens with one attached hydrogen (secondary N) is 1. The van der Waals surface area contributed by atoms with Crippen LogP contribution in [0.2, 0.25) is 10.0 Å². The number of aromatic nitrogens is 1. The van der Waals surface area contributed by atoms with Crippen LogP contribution < -0.4 is 10.1 Å². The van der Waals surface area contributed by atoms with E-state index in [9.17, 15) is 13.2 Å². The summed E-state index contributed by atoms with van der Waals surface area (Å²) < 4.78 is 34.9. The van der Waals surface area contributed by atoms with Crippen LogP contribution in [0, 0.1) is 6.92 Å². The molecular weight excluding hydrogens is 535 g/mol. The number of benzene rings is 2. The van der Waals surface area contributed by atoms with Crippen LogP contribution in [0.3, 0.4) is 0 Å². The van der Waals surface area contributed by atoms with Gasteiger partial charge in [-0.2, -0.15) is 4.31 Å². The summed E-state index contributed by atoms with van der Waals surface area (Å²) in [6, 6.07) is 11.7. The smallest absolute Gasteiger partial charge is 0.245 e. The first kappa shape index (κ1) is 26.2. The Kier molecular flexibility index (Phi) is 7.60. The summed E-state index contributed by atoms with van der Waals surface area (Å²) in [6.45, 7) is 4.64. The average Bonchev–Trinajstić information content (AvgIpc) is 3.40. The topological polar surface area (TPSA) is 91.8 Å². The Morgan fingerprint density at radius 2 is 1.89 bits per heavy atom. The van der Waals surface area contributed by atoms with Crippen LogP contribution in [0.1, 0.15) is 24.1 Å². The van der Waals surface area contributed by atoms with Gasteiger partial charge in [0.25, 0.3) is 0 Å². The van der Waals surface area contributed by atoms with Crippen molar-refractivity contribution >= 4 is 50.0 Å². The second kappa shape index (κ2) is 10.7. The molecule has 0 aliphatic carbocycles. The first-order valence-corrected chi connectivity index (χ1v) is 14.4. The van der Waals surface area contributed by atoms with Gasteiger partial charge in [0.05, 0.1) is 5.02 Å². The van der Waals surface area contributed by atoms with Crippen molar-refractivity contribution in [3.63, 3.8) is 0 Å². The highest BCUT2D eigenvalue weighted by atomic mass is 35.5. The summed E-state index contributed by atoms with van der Waals surface area (Å²) in [5, 5.41) is 4.43. The Morgan fingerprint density at radius 1 is 1.11 bits per heavy atom. The maximum Gasteiger partial charge on any atom is 0.245 e. The number of aryl methyl sites for hydroxylation is 1. The molecule has 0 bridgehead atoms. The van der Waals surface area contributed by atoms with Crippen molar-refractivity contribution in [1.29, 1.82) is 0 Å². The zero-order valence-electron chi connectivity index (χ0n) is 20.4. The maximum atomic E-state index is 13.8. The van der Waals surface area contributed by atoms with Crippen molar-refractivity contribution in [2.75, 3.05) is 32.7 Å². The predicted molar refractivity (Wildman–Crippen MR) is 144 cm³/mol. The lowest BCUT2D eigenvalue weighted by atomic mass is 10.2. The van der Waals surface area contributed by atoms with Gasteiger partial charge < -0.3 is 15.0 Å². The Balaban J connectivity index is 1.42. The van der Waals surface area contributed by atoms with Gasteiger partial charge in [-0.25, -0.2) is 13.4 Å². The highest BCUT2D eigenvalue weighted by Gasteiger charge is 2.42. The summed E-state index contributed by atoms with van der Waals surface area (Å²) in [5.74, 6) is 0.387. The van der Waals surface area contributed by atoms with Gasteiger partial charge in [-0.1, -0.05) is 41.4 Å². The van der Waals surface area contributed by atoms with Gasteiger partial charge in [0.15, 0.2) is 0 Å². The normalized spacial score (nSPS) is 18.9. The van der Waals surface area contributed by atoms with Crippen molar-refractivity contribution in [1.82, 2.24) is 19.5 Å². The number of fused-ring (bicyclic) bond motifs is 1. The van der Waals surface area contributed by atoms with E-state index in [0.29, 0.717) is 60.9 Å². The number of rotatable bonds is 6. The molecule has 2 saturated heterocycles. The highest BCUT2D eigenvalue weighted by molar-refractivity contribution is 7.89. The molecule has 5 rings (SSSR count). The summed E-state index contributed by atoms with van der Waals surface area (Å²) in [5.41, 5.74) is 1.91. The fourth-order valence-electron chi connectivity index (χ4n) is 4.89. The number of hydrogen-bond donors (Lipinski definition) is 1. The van der Waals surface area contributed by atoms with Crippen molar-refractivity contribution in [3.05, 3.63) is 63.8 Å². The van der Waals surface area contributed by atoms with Gasteiger partial charge in [-0.15, -0.1) is 0 Å². The van der Waals surface area contributed by atoms with Gasteiger partial charge in [0.2, 0.25) is 15.9 Å². The largest absolute Gasteiger partial charge is 0.487 e. The van der Waals surface area contributed by atoms with Gasteiger partial charge in [-0.05, 0) is 44.0 Å². The van der Waals surface area contributed by atoms with E-state index < -0.39 is 16.1 Å². The van der Waals surface area contributed by atoms with E-state index in [1.165, 1.54) is 16.4 Å². The highest BCUT2D eigenvalue weighted by Crippen LogP contribution is 2.36. The van der Waals surface area contributed by atoms with Crippen LogP contribution >= 0.6 is 23.2 Å². The maximum absolute atomic E-state index is 13.8. The second-order valence-corrected chi connectivity index (χ2v) is 11.9. The summed E-state index contributed by atoms with van der Waals surface area (Å²) in [6.07, 6.45) is 1.09. The van der Waals surface area contributed by atoms with Crippen LogP contribution in [-0.2, 0) is 21.4 Å². The Labute approximate surface area is 226 Å². The number of halogens is 2. The fourth-order valence-corrected chi connectivity index (χ4v) is 7.40. The molecule has 37 heavy (non-hydrogen) atoms. The monoisotopic (exact) mass is 562 g/mol. The average molecular weight is 564 g/mol. The quantitative estimate of drug-likeness (QED) is 0.488. The van der Waals surface area contributed by atoms with Crippen LogP contribution in [0.4, 0.5) is 0 Å². The number of hydrogen-bond acceptors (Lipinski definition) is 6. The zero-order valence-corrected chi connectivity index (χ0v) is 22.7. The third-order valence-electron chi connectivity index (χ3n) is 6.85. The molecule has 196 valence electrons. The zero-order chi connectivity index (χ0) is 26.2. The summed E-state index contributed by atoms with van der Waals surface area (Å²) in [4.78, 5) is 19.4. The molecule has 11 heteroatoms. The molecule has 0 spiro atoms. The van der Waals surface area contributed by atoms with E-state index in [-0.39, 0.29) is 29.0 Å². The summed E-state index contributed by atoms with van der Waals surface area (Å²) >= 11 is 13.1. The molecule has 0 radical (unpaired) electrons. The van der Waals surface area contributed by atoms with Gasteiger partial charge in [0.1, 0.15) is 28.8 Å². The van der Waals surface area contributed by atoms with E-state index in [0.717, 1.165) is 11.1 Å². The van der Waals surface area contributed by atoms with Gasteiger partial charge >= 0.3 is 0 Å². The van der Waals surface area contributed by atoms with Gasteiger partial charge in [0, 0.05) is 54.4 Å². The second-order valence-electron chi connectivity index (χ2n) is 9.26. The molecule has 1 N–H and O–H groups in total. The molecule has 1 amide bonds. The first-order chi connectivity index (χ1) is 17.8. The van der Waals surface area contributed by atoms with E-state index in [4.69, 9.17) is 27.9 Å². The minimum Gasteiger partial charge on any atom is -0.487 e. The number of sulfonamides is 1. The van der Waals surface area contributed by atoms with Crippen LogP contribution in [0.5, 0.6) is 5.75 Å². The molecule has 1 aromatic heterocycles. The molecule has 3 heterocycles. The van der Waals surface area contributed by atoms with Crippen LogP contribution in [0.15, 0.2) is 47.4 Å². The summed E-state index contributed by atoms with van der Waals surface area (Å²) in [7, 11) is -4.05. The van der Waals surface area contributed by atoms with Crippen molar-refractivity contribution in [2.45, 2.75) is 37.3 Å². The molecule has 1 unspecified atom stereocenters. The van der Waals surface area contributed by atoms with Gasteiger partial charge in [-0.3, -0.25) is 4.79 Å². The predicted octanol–water partition coefficient (Wildman–Crippen LogP) is 4.01. The lowest BCUT2D eigenvalue weighted by molar-refractivity contribution is -0.135. The fraction of sp³-hybridized carbons (Fsp3) is 0.385. The molecule has 2 aliphatic heterocycles. The van der Waals surface area contributed by atoms with E-state index >= 15 is 0 Å². The molecular formula is C26H28Cl2N4O4S. The Bertz CT molecular complexity index is 1440. The number of pyridine rings is 1. The van der Waals surface area contributed by atoms with Crippen LogP contribution in [-0.4, -0.2) is 67.3 Å². The lowest BCUT2D eigenvalue weighted by Gasteiger charge is -2.32. The van der Waals surface area contributed by atoms with Crippen LogP contribution in [0.25, 0.3) is 10.9 Å². The van der Waals surface area contributed by atoms with Crippen molar-refractivity contribution < 1.29 is 17.9 Å². The number of amides is 1. The Morgan fingerprint density at radius 3 is 2.68 bits per heavy atom. The Hall–Kier alpha value is -2.43. The minimum absolute atomic E-state index is 0.00264. The molecule has 2 fully saturated rings. The van der Waals surface area contributed by atoms with E-state index in [1.54, 1.807) is 11.0 Å². The van der Waals surface area contributed by atoms with E-state index in [1.807, 2.05) is 31.2 Å². The van der Waals surface area contributed by atoms with Crippen molar-refractivity contribution in [2.24, 2.45) is 0 Å². The third kappa shape index (κ3) is 5.15. The molecule has 2 aromatic carbocycles. The third-order valence-corrected chi connectivity index (χ3v) is 9.70. The number of nitrogens with zero attached hydrogens (tertiary/aromatic N) is 3. The molecule has 2 aliphatic rings.